The lowest BCUT2D eigenvalue weighted by Crippen LogP contribution is -2.43. The van der Waals surface area contributed by atoms with Gasteiger partial charge in [-0.15, -0.1) is 0 Å². The minimum atomic E-state index is -0.242. The van der Waals surface area contributed by atoms with Gasteiger partial charge in [0.1, 0.15) is 0 Å². The van der Waals surface area contributed by atoms with Crippen LogP contribution in [-0.4, -0.2) is 12.2 Å². The van der Waals surface area contributed by atoms with Crippen molar-refractivity contribution in [1.29, 1.82) is 0 Å². The van der Waals surface area contributed by atoms with Crippen LogP contribution >= 0.6 is 0 Å². The van der Waals surface area contributed by atoms with Crippen LogP contribution in [0.4, 0.5) is 0 Å². The van der Waals surface area contributed by atoms with Gasteiger partial charge < -0.3 is 10.5 Å². The van der Waals surface area contributed by atoms with E-state index in [4.69, 9.17) is 10.5 Å². The Bertz CT molecular complexity index is 365. The smallest absolute Gasteiger partial charge is 0.0868 e. The van der Waals surface area contributed by atoms with Gasteiger partial charge in [0.15, 0.2) is 0 Å². The summed E-state index contributed by atoms with van der Waals surface area (Å²) >= 11 is 0. The highest BCUT2D eigenvalue weighted by molar-refractivity contribution is 5.28. The van der Waals surface area contributed by atoms with Crippen LogP contribution in [0.2, 0.25) is 0 Å². The van der Waals surface area contributed by atoms with E-state index in [1.807, 2.05) is 6.92 Å². The van der Waals surface area contributed by atoms with E-state index in [1.54, 1.807) is 0 Å². The van der Waals surface area contributed by atoms with Crippen LogP contribution < -0.4 is 5.73 Å². The van der Waals surface area contributed by atoms with Crippen molar-refractivity contribution in [3.8, 4) is 0 Å². The number of nitrogens with two attached hydrogens (primary N) is 1. The van der Waals surface area contributed by atoms with Crippen molar-refractivity contribution in [2.75, 3.05) is 6.61 Å². The van der Waals surface area contributed by atoms with Gasteiger partial charge in [-0.05, 0) is 36.8 Å². The second kappa shape index (κ2) is 7.06. The molecular weight excluding hydrogens is 234 g/mol. The molecule has 0 aliphatic heterocycles. The van der Waals surface area contributed by atoms with Crippen LogP contribution in [0, 0.1) is 0 Å². The van der Waals surface area contributed by atoms with Gasteiger partial charge in [0.05, 0.1) is 11.6 Å². The molecule has 0 fully saturated rings. The first-order valence-corrected chi connectivity index (χ1v) is 7.50. The lowest BCUT2D eigenvalue weighted by Gasteiger charge is -2.37. The zero-order valence-corrected chi connectivity index (χ0v) is 13.1. The summed E-state index contributed by atoms with van der Waals surface area (Å²) in [5, 5.41) is 0. The van der Waals surface area contributed by atoms with Gasteiger partial charge in [0, 0.05) is 6.61 Å². The molecule has 0 saturated carbocycles. The fourth-order valence-electron chi connectivity index (χ4n) is 2.66. The molecule has 1 unspecified atom stereocenters. The Hall–Kier alpha value is -0.860. The highest BCUT2D eigenvalue weighted by Gasteiger charge is 2.34. The van der Waals surface area contributed by atoms with Crippen molar-refractivity contribution >= 4 is 0 Å². The molecule has 1 rings (SSSR count). The topological polar surface area (TPSA) is 35.2 Å². The molecule has 0 aliphatic rings. The fourth-order valence-corrected chi connectivity index (χ4v) is 2.66. The normalized spacial score (nSPS) is 13.8. The van der Waals surface area contributed by atoms with E-state index < -0.39 is 0 Å². The Balaban J connectivity index is 2.99. The zero-order valence-electron chi connectivity index (χ0n) is 13.1. The minimum Gasteiger partial charge on any atom is -0.373 e. The SMILES string of the molecule is CCOC(CC)(CC)C(N)c1ccc(C(C)C)cc1. The number of ether oxygens (including phenoxy) is 1. The maximum Gasteiger partial charge on any atom is 0.0868 e. The van der Waals surface area contributed by atoms with E-state index >= 15 is 0 Å². The van der Waals surface area contributed by atoms with Crippen LogP contribution in [-0.2, 0) is 4.74 Å². The third kappa shape index (κ3) is 3.58. The second-order valence-corrected chi connectivity index (χ2v) is 5.50. The molecule has 1 aromatic rings. The van der Waals surface area contributed by atoms with Gasteiger partial charge in [-0.2, -0.15) is 0 Å². The first-order valence-electron chi connectivity index (χ1n) is 7.50. The summed E-state index contributed by atoms with van der Waals surface area (Å²) in [6.07, 6.45) is 1.87. The number of benzene rings is 1. The average Bonchev–Trinajstić information content (AvgIpc) is 2.44. The van der Waals surface area contributed by atoms with Crippen molar-refractivity contribution in [1.82, 2.24) is 0 Å². The lowest BCUT2D eigenvalue weighted by molar-refractivity contribution is -0.0645. The molecule has 1 aromatic carbocycles. The predicted molar refractivity (Wildman–Crippen MR) is 82.4 cm³/mol. The van der Waals surface area contributed by atoms with Gasteiger partial charge in [0.2, 0.25) is 0 Å². The van der Waals surface area contributed by atoms with E-state index in [0.29, 0.717) is 12.5 Å². The molecule has 0 amide bonds. The number of hydrogen-bond donors (Lipinski definition) is 1. The molecule has 0 spiro atoms. The third-order valence-electron chi connectivity index (χ3n) is 4.16. The van der Waals surface area contributed by atoms with Crippen LogP contribution in [0.15, 0.2) is 24.3 Å². The van der Waals surface area contributed by atoms with Gasteiger partial charge >= 0.3 is 0 Å². The standard InChI is InChI=1S/C17H29NO/c1-6-17(7-2,19-8-3)16(18)15-11-9-14(10-12-15)13(4)5/h9-13,16H,6-8,18H2,1-5H3. The molecule has 0 heterocycles. The van der Waals surface area contributed by atoms with Crippen LogP contribution in [0.1, 0.15) is 70.5 Å². The summed E-state index contributed by atoms with van der Waals surface area (Å²) in [7, 11) is 0. The van der Waals surface area contributed by atoms with Crippen molar-refractivity contribution in [3.05, 3.63) is 35.4 Å². The molecule has 0 bridgehead atoms. The van der Waals surface area contributed by atoms with Gasteiger partial charge in [-0.1, -0.05) is 52.0 Å². The van der Waals surface area contributed by atoms with Crippen molar-refractivity contribution in [2.24, 2.45) is 5.73 Å². The zero-order chi connectivity index (χ0) is 14.5. The Labute approximate surface area is 118 Å². The monoisotopic (exact) mass is 263 g/mol. The maximum atomic E-state index is 6.48. The largest absolute Gasteiger partial charge is 0.373 e. The van der Waals surface area contributed by atoms with Crippen LogP contribution in [0.5, 0.6) is 0 Å². The summed E-state index contributed by atoms with van der Waals surface area (Å²) in [4.78, 5) is 0. The van der Waals surface area contributed by atoms with Crippen LogP contribution in [0.25, 0.3) is 0 Å². The van der Waals surface area contributed by atoms with Gasteiger partial charge in [-0.3, -0.25) is 0 Å². The summed E-state index contributed by atoms with van der Waals surface area (Å²) in [6, 6.07) is 8.60. The first kappa shape index (κ1) is 16.2. The van der Waals surface area contributed by atoms with Gasteiger partial charge in [0.25, 0.3) is 0 Å². The third-order valence-corrected chi connectivity index (χ3v) is 4.16. The molecule has 1 atom stereocenters. The van der Waals surface area contributed by atoms with Crippen molar-refractivity contribution < 1.29 is 4.74 Å². The number of hydrogen-bond acceptors (Lipinski definition) is 2. The molecule has 2 heteroatoms. The Morgan fingerprint density at radius 1 is 1.00 bits per heavy atom. The second-order valence-electron chi connectivity index (χ2n) is 5.50. The predicted octanol–water partition coefficient (Wildman–Crippen LogP) is 4.41. The average molecular weight is 263 g/mol. The molecule has 0 radical (unpaired) electrons. The molecule has 2 nitrogen and oxygen atoms in total. The van der Waals surface area contributed by atoms with E-state index in [1.165, 1.54) is 11.1 Å². The van der Waals surface area contributed by atoms with Crippen molar-refractivity contribution in [2.45, 2.75) is 65.0 Å². The molecule has 0 saturated heterocycles. The summed E-state index contributed by atoms with van der Waals surface area (Å²) in [5.41, 5.74) is 8.76. The molecule has 2 N–H and O–H groups in total. The van der Waals surface area contributed by atoms with E-state index in [9.17, 15) is 0 Å². The van der Waals surface area contributed by atoms with Gasteiger partial charge in [-0.25, -0.2) is 0 Å². The fraction of sp³-hybridized carbons (Fsp3) is 0.647. The van der Waals surface area contributed by atoms with E-state index in [0.717, 1.165) is 12.8 Å². The van der Waals surface area contributed by atoms with E-state index in [2.05, 4.69) is 52.0 Å². The number of rotatable bonds is 7. The quantitative estimate of drug-likeness (QED) is 0.791. The molecular formula is C17H29NO. The summed E-state index contributed by atoms with van der Waals surface area (Å²) in [5.74, 6) is 0.555. The summed E-state index contributed by atoms with van der Waals surface area (Å²) < 4.78 is 6.00. The molecule has 0 aromatic heterocycles. The highest BCUT2D eigenvalue weighted by Crippen LogP contribution is 2.34. The maximum absolute atomic E-state index is 6.48. The Morgan fingerprint density at radius 3 is 1.84 bits per heavy atom. The Morgan fingerprint density at radius 2 is 1.47 bits per heavy atom. The molecule has 19 heavy (non-hydrogen) atoms. The van der Waals surface area contributed by atoms with Crippen LogP contribution in [0.3, 0.4) is 0 Å². The first-order chi connectivity index (χ1) is 9.00. The van der Waals surface area contributed by atoms with Crippen molar-refractivity contribution in [3.63, 3.8) is 0 Å². The minimum absolute atomic E-state index is 0.0661. The summed E-state index contributed by atoms with van der Waals surface area (Å²) in [6.45, 7) is 11.5. The highest BCUT2D eigenvalue weighted by atomic mass is 16.5. The molecule has 108 valence electrons. The Kier molecular flexibility index (Phi) is 6.02. The molecule has 0 aliphatic carbocycles. The van der Waals surface area contributed by atoms with E-state index in [-0.39, 0.29) is 11.6 Å². The lowest BCUT2D eigenvalue weighted by atomic mass is 9.84.